The van der Waals surface area contributed by atoms with Crippen LogP contribution in [0, 0.1) is 0 Å². The number of aromatic nitrogens is 2. The summed E-state index contributed by atoms with van der Waals surface area (Å²) in [6.07, 6.45) is 4.17. The van der Waals surface area contributed by atoms with Crippen molar-refractivity contribution in [2.75, 3.05) is 20.2 Å². The molecular weight excluding hydrogens is 448 g/mol. The van der Waals surface area contributed by atoms with Crippen LogP contribution in [-0.2, 0) is 13.1 Å². The summed E-state index contributed by atoms with van der Waals surface area (Å²) < 4.78 is 7.31. The highest BCUT2D eigenvalue weighted by Crippen LogP contribution is 2.26. The van der Waals surface area contributed by atoms with E-state index >= 15 is 0 Å². The van der Waals surface area contributed by atoms with Crippen LogP contribution in [0.25, 0.3) is 11.0 Å². The first kappa shape index (κ1) is 24.3. The number of H-pyrrole nitrogens is 1. The van der Waals surface area contributed by atoms with Crippen molar-refractivity contribution in [1.29, 1.82) is 0 Å². The van der Waals surface area contributed by atoms with Gasteiger partial charge in [-0.15, -0.1) is 0 Å². The van der Waals surface area contributed by atoms with Crippen LogP contribution in [-0.4, -0.2) is 40.7 Å². The van der Waals surface area contributed by atoms with Gasteiger partial charge < -0.3 is 15.0 Å². The molecule has 188 valence electrons. The lowest BCUT2D eigenvalue weighted by Crippen LogP contribution is -2.41. The number of piperidine rings is 1. The summed E-state index contributed by atoms with van der Waals surface area (Å²) >= 11 is 0. The maximum absolute atomic E-state index is 12.7. The van der Waals surface area contributed by atoms with Gasteiger partial charge in [0, 0.05) is 25.2 Å². The predicted molar refractivity (Wildman–Crippen MR) is 145 cm³/mol. The van der Waals surface area contributed by atoms with E-state index in [1.54, 1.807) is 7.11 Å². The van der Waals surface area contributed by atoms with Crippen LogP contribution < -0.4 is 15.7 Å². The van der Waals surface area contributed by atoms with Gasteiger partial charge in [0.2, 0.25) is 0 Å². The molecule has 0 aliphatic carbocycles. The molecular formula is C30H36N4O2. The standard InChI is InChI=1S/C30H36N4O2/c1-36-27-15-13-24(14-16-27)22-33(21-23-8-3-2-4-9-23)19-7-10-25-20-26(17-18-31-25)34-29-12-6-5-11-28(29)32-30(34)35/h2-6,8-9,11-16,25-26,31H,7,10,17-22H2,1H3,(H,32,35)/t25?,26-/m0/s1. The zero-order valence-corrected chi connectivity index (χ0v) is 21.0. The molecule has 1 aliphatic rings. The molecule has 1 unspecified atom stereocenters. The van der Waals surface area contributed by atoms with E-state index in [0.717, 1.165) is 68.6 Å². The molecule has 6 heteroatoms. The Morgan fingerprint density at radius 3 is 2.44 bits per heavy atom. The van der Waals surface area contributed by atoms with Crippen LogP contribution in [0.2, 0.25) is 0 Å². The minimum Gasteiger partial charge on any atom is -0.497 e. The highest BCUT2D eigenvalue weighted by molar-refractivity contribution is 5.75. The van der Waals surface area contributed by atoms with Gasteiger partial charge in [-0.1, -0.05) is 54.6 Å². The summed E-state index contributed by atoms with van der Waals surface area (Å²) in [5.74, 6) is 0.889. The Morgan fingerprint density at radius 2 is 1.67 bits per heavy atom. The summed E-state index contributed by atoms with van der Waals surface area (Å²) in [6, 6.07) is 27.7. The maximum Gasteiger partial charge on any atom is 0.326 e. The number of methoxy groups -OCH3 is 1. The second-order valence-corrected chi connectivity index (χ2v) is 9.83. The number of benzene rings is 3. The van der Waals surface area contributed by atoms with Crippen molar-refractivity contribution in [3.05, 3.63) is 100 Å². The summed E-state index contributed by atoms with van der Waals surface area (Å²) in [5.41, 5.74) is 4.58. The molecule has 1 fully saturated rings. The zero-order valence-electron chi connectivity index (χ0n) is 21.0. The molecule has 1 aromatic heterocycles. The Bertz CT molecular complexity index is 1300. The quantitative estimate of drug-likeness (QED) is 0.328. The molecule has 0 saturated carbocycles. The molecule has 0 radical (unpaired) electrons. The minimum absolute atomic E-state index is 0.00961. The maximum atomic E-state index is 12.7. The average Bonchev–Trinajstić information content (AvgIpc) is 3.25. The van der Waals surface area contributed by atoms with Gasteiger partial charge >= 0.3 is 5.69 Å². The number of fused-ring (bicyclic) bond motifs is 1. The highest BCUT2D eigenvalue weighted by atomic mass is 16.5. The number of nitrogens with one attached hydrogen (secondary N) is 2. The van der Waals surface area contributed by atoms with Crippen molar-refractivity contribution < 1.29 is 4.74 Å². The number of imidazole rings is 1. The lowest BCUT2D eigenvalue weighted by Gasteiger charge is -2.32. The fourth-order valence-corrected chi connectivity index (χ4v) is 5.48. The molecule has 0 amide bonds. The third kappa shape index (κ3) is 5.89. The van der Waals surface area contributed by atoms with Gasteiger partial charge in [-0.25, -0.2) is 4.79 Å². The van der Waals surface area contributed by atoms with Gasteiger partial charge in [0.1, 0.15) is 5.75 Å². The number of rotatable bonds is 10. The molecule has 0 bridgehead atoms. The van der Waals surface area contributed by atoms with Crippen molar-refractivity contribution in [2.45, 2.75) is 50.9 Å². The Kier molecular flexibility index (Phi) is 7.84. The average molecular weight is 485 g/mol. The molecule has 6 nitrogen and oxygen atoms in total. The molecule has 4 aromatic rings. The van der Waals surface area contributed by atoms with Crippen LogP contribution in [0.4, 0.5) is 0 Å². The molecule has 5 rings (SSSR count). The van der Waals surface area contributed by atoms with Crippen LogP contribution in [0.3, 0.4) is 0 Å². The van der Waals surface area contributed by atoms with Crippen molar-refractivity contribution in [1.82, 2.24) is 19.8 Å². The molecule has 3 aromatic carbocycles. The van der Waals surface area contributed by atoms with Gasteiger partial charge in [0.05, 0.1) is 18.1 Å². The van der Waals surface area contributed by atoms with E-state index in [9.17, 15) is 4.79 Å². The Labute approximate surface area is 212 Å². The van der Waals surface area contributed by atoms with Crippen molar-refractivity contribution in [2.24, 2.45) is 0 Å². The normalized spacial score (nSPS) is 18.1. The fraction of sp³-hybridized carbons (Fsp3) is 0.367. The molecule has 2 atom stereocenters. The van der Waals surface area contributed by atoms with E-state index < -0.39 is 0 Å². The second kappa shape index (κ2) is 11.6. The molecule has 0 spiro atoms. The fourth-order valence-electron chi connectivity index (χ4n) is 5.48. The summed E-state index contributed by atoms with van der Waals surface area (Å²) in [5, 5.41) is 3.71. The minimum atomic E-state index is 0.00961. The van der Waals surface area contributed by atoms with Crippen LogP contribution in [0.1, 0.15) is 42.9 Å². The zero-order chi connectivity index (χ0) is 24.7. The number of hydrogen-bond donors (Lipinski definition) is 2. The lowest BCUT2D eigenvalue weighted by atomic mass is 9.95. The Balaban J connectivity index is 1.21. The Morgan fingerprint density at radius 1 is 0.944 bits per heavy atom. The topological polar surface area (TPSA) is 62.3 Å². The number of para-hydroxylation sites is 2. The smallest absolute Gasteiger partial charge is 0.326 e. The lowest BCUT2D eigenvalue weighted by molar-refractivity contribution is 0.233. The van der Waals surface area contributed by atoms with E-state index in [1.807, 2.05) is 41.0 Å². The van der Waals surface area contributed by atoms with Crippen LogP contribution >= 0.6 is 0 Å². The van der Waals surface area contributed by atoms with Gasteiger partial charge in [-0.05, 0) is 74.2 Å². The van der Waals surface area contributed by atoms with E-state index in [2.05, 4.69) is 57.7 Å². The molecule has 2 N–H and O–H groups in total. The van der Waals surface area contributed by atoms with E-state index in [0.29, 0.717) is 6.04 Å². The second-order valence-electron chi connectivity index (χ2n) is 9.83. The molecule has 36 heavy (non-hydrogen) atoms. The van der Waals surface area contributed by atoms with Crippen molar-refractivity contribution in [3.63, 3.8) is 0 Å². The SMILES string of the molecule is COc1ccc(CN(CCCC2C[C@@H](n3c(=O)[nH]c4ccccc43)CCN2)Cc2ccccc2)cc1. The summed E-state index contributed by atoms with van der Waals surface area (Å²) in [7, 11) is 1.70. The Hall–Kier alpha value is -3.35. The third-order valence-corrected chi connectivity index (χ3v) is 7.30. The van der Waals surface area contributed by atoms with Gasteiger partial charge in [-0.3, -0.25) is 9.47 Å². The largest absolute Gasteiger partial charge is 0.497 e. The van der Waals surface area contributed by atoms with Gasteiger partial charge in [0.25, 0.3) is 0 Å². The summed E-state index contributed by atoms with van der Waals surface area (Å²) in [4.78, 5) is 18.3. The molecule has 2 heterocycles. The van der Waals surface area contributed by atoms with Crippen LogP contribution in [0.5, 0.6) is 5.75 Å². The van der Waals surface area contributed by atoms with E-state index in [-0.39, 0.29) is 11.7 Å². The van der Waals surface area contributed by atoms with Crippen LogP contribution in [0.15, 0.2) is 83.7 Å². The van der Waals surface area contributed by atoms with Crippen molar-refractivity contribution >= 4 is 11.0 Å². The van der Waals surface area contributed by atoms with Crippen molar-refractivity contribution in [3.8, 4) is 5.75 Å². The molecule has 1 aliphatic heterocycles. The number of ether oxygens (including phenoxy) is 1. The predicted octanol–water partition coefficient (Wildman–Crippen LogP) is 5.11. The monoisotopic (exact) mass is 484 g/mol. The number of aromatic amines is 1. The number of nitrogens with zero attached hydrogens (tertiary/aromatic N) is 2. The van der Waals surface area contributed by atoms with E-state index in [1.165, 1.54) is 11.1 Å². The van der Waals surface area contributed by atoms with E-state index in [4.69, 9.17) is 4.74 Å². The summed E-state index contributed by atoms with van der Waals surface area (Å²) in [6.45, 7) is 3.81. The first-order valence-electron chi connectivity index (χ1n) is 13.0. The van der Waals surface area contributed by atoms with Gasteiger partial charge in [0.15, 0.2) is 0 Å². The molecule has 1 saturated heterocycles. The first-order valence-corrected chi connectivity index (χ1v) is 13.0. The van der Waals surface area contributed by atoms with Gasteiger partial charge in [-0.2, -0.15) is 0 Å². The first-order chi connectivity index (χ1) is 17.7. The highest BCUT2D eigenvalue weighted by Gasteiger charge is 2.25. The third-order valence-electron chi connectivity index (χ3n) is 7.30. The number of hydrogen-bond acceptors (Lipinski definition) is 4.